The molecule has 2 aliphatic rings. The lowest BCUT2D eigenvalue weighted by atomic mass is 10.0. The minimum atomic E-state index is -2.99. The van der Waals surface area contributed by atoms with Crippen LogP contribution in [-0.4, -0.2) is 81.0 Å². The first-order valence-electron chi connectivity index (χ1n) is 8.76. The van der Waals surface area contributed by atoms with Crippen LogP contribution in [-0.2, 0) is 16.4 Å². The Hall–Kier alpha value is -1.58. The molecule has 0 saturated carbocycles. The molecule has 9 heteroatoms. The van der Waals surface area contributed by atoms with Gasteiger partial charge in [-0.1, -0.05) is 13.8 Å². The zero-order chi connectivity index (χ0) is 17.6. The number of fused-ring (bicyclic) bond motifs is 2. The number of nitrogens with zero attached hydrogens (tertiary/aromatic N) is 6. The van der Waals surface area contributed by atoms with Crippen molar-refractivity contribution in [2.45, 2.75) is 32.5 Å². The second-order valence-corrected chi connectivity index (χ2v) is 9.62. The maximum absolute atomic E-state index is 12.3. The third-order valence-corrected chi connectivity index (χ3v) is 6.71. The van der Waals surface area contributed by atoms with Crippen LogP contribution in [0.4, 0.5) is 0 Å². The van der Waals surface area contributed by atoms with E-state index in [4.69, 9.17) is 0 Å². The number of piperazine rings is 1. The van der Waals surface area contributed by atoms with Crippen LogP contribution in [0.3, 0.4) is 0 Å². The molecule has 0 N–H and O–H groups in total. The summed E-state index contributed by atoms with van der Waals surface area (Å²) in [5.74, 6) is 2.30. The van der Waals surface area contributed by atoms with Crippen LogP contribution in [0.2, 0.25) is 0 Å². The molecule has 2 fully saturated rings. The third kappa shape index (κ3) is 3.40. The van der Waals surface area contributed by atoms with Crippen LogP contribution >= 0.6 is 0 Å². The average molecular weight is 364 g/mol. The molecular formula is C16H24N6O2S. The standard InChI is InChI=1S/C16H24N6O2S/c1-12(2)8-20-6-7-21(14-11-25(23,24)10-13(14)20)9-15-18-16-17-4-3-5-22(16)19-15/h3-5,12-14H,6-11H2,1-2H3. The van der Waals surface area contributed by atoms with E-state index in [0.29, 0.717) is 24.1 Å². The summed E-state index contributed by atoms with van der Waals surface area (Å²) in [5.41, 5.74) is 0. The summed E-state index contributed by atoms with van der Waals surface area (Å²) >= 11 is 0. The van der Waals surface area contributed by atoms with Gasteiger partial charge in [-0.25, -0.2) is 17.9 Å². The van der Waals surface area contributed by atoms with Gasteiger partial charge in [-0.2, -0.15) is 4.98 Å². The third-order valence-electron chi connectivity index (χ3n) is 5.01. The summed E-state index contributed by atoms with van der Waals surface area (Å²) in [5, 5.41) is 4.46. The van der Waals surface area contributed by atoms with Crippen molar-refractivity contribution in [3.8, 4) is 0 Å². The van der Waals surface area contributed by atoms with Crippen molar-refractivity contribution >= 4 is 15.6 Å². The first-order chi connectivity index (χ1) is 11.9. The average Bonchev–Trinajstić information content (AvgIpc) is 3.08. The molecule has 25 heavy (non-hydrogen) atoms. The minimum Gasteiger partial charge on any atom is -0.296 e. The van der Waals surface area contributed by atoms with Crippen molar-refractivity contribution in [1.82, 2.24) is 29.4 Å². The molecule has 0 spiro atoms. The van der Waals surface area contributed by atoms with Gasteiger partial charge < -0.3 is 0 Å². The molecule has 2 aromatic heterocycles. The summed E-state index contributed by atoms with van der Waals surface area (Å²) in [6.45, 7) is 7.60. The number of hydrogen-bond donors (Lipinski definition) is 0. The molecule has 0 amide bonds. The molecule has 0 bridgehead atoms. The Balaban J connectivity index is 1.56. The number of aromatic nitrogens is 4. The molecule has 2 saturated heterocycles. The highest BCUT2D eigenvalue weighted by atomic mass is 32.2. The van der Waals surface area contributed by atoms with Crippen LogP contribution in [0.25, 0.3) is 5.78 Å². The predicted molar refractivity (Wildman–Crippen MR) is 93.8 cm³/mol. The largest absolute Gasteiger partial charge is 0.296 e. The van der Waals surface area contributed by atoms with Crippen molar-refractivity contribution in [1.29, 1.82) is 0 Å². The Kier molecular flexibility index (Phi) is 4.25. The van der Waals surface area contributed by atoms with Gasteiger partial charge in [0.15, 0.2) is 15.7 Å². The van der Waals surface area contributed by atoms with Crippen molar-refractivity contribution in [2.75, 3.05) is 31.1 Å². The van der Waals surface area contributed by atoms with Crippen LogP contribution in [0.15, 0.2) is 18.5 Å². The fourth-order valence-corrected chi connectivity index (χ4v) is 6.06. The summed E-state index contributed by atoms with van der Waals surface area (Å²) in [7, 11) is -2.99. The molecule has 4 rings (SSSR count). The lowest BCUT2D eigenvalue weighted by Gasteiger charge is -2.44. The second kappa shape index (κ2) is 6.30. The number of hydrogen-bond acceptors (Lipinski definition) is 7. The highest BCUT2D eigenvalue weighted by molar-refractivity contribution is 7.91. The van der Waals surface area contributed by atoms with Crippen molar-refractivity contribution < 1.29 is 8.42 Å². The van der Waals surface area contributed by atoms with E-state index in [0.717, 1.165) is 19.6 Å². The van der Waals surface area contributed by atoms with E-state index in [1.807, 2.05) is 12.3 Å². The quantitative estimate of drug-likeness (QED) is 0.759. The summed E-state index contributed by atoms with van der Waals surface area (Å²) < 4.78 is 26.2. The molecule has 0 aliphatic carbocycles. The Morgan fingerprint density at radius 1 is 1.20 bits per heavy atom. The van der Waals surface area contributed by atoms with E-state index in [2.05, 4.69) is 38.7 Å². The fraction of sp³-hybridized carbons (Fsp3) is 0.688. The van der Waals surface area contributed by atoms with Crippen LogP contribution in [0.1, 0.15) is 19.7 Å². The molecule has 4 heterocycles. The number of rotatable bonds is 4. The van der Waals surface area contributed by atoms with Crippen LogP contribution in [0, 0.1) is 5.92 Å². The van der Waals surface area contributed by atoms with Gasteiger partial charge >= 0.3 is 0 Å². The highest BCUT2D eigenvalue weighted by Gasteiger charge is 2.46. The summed E-state index contributed by atoms with van der Waals surface area (Å²) in [6, 6.07) is 1.92. The summed E-state index contributed by atoms with van der Waals surface area (Å²) in [6.07, 6.45) is 3.51. The predicted octanol–water partition coefficient (Wildman–Crippen LogP) is 0.0635. The van der Waals surface area contributed by atoms with E-state index in [1.165, 1.54) is 0 Å². The maximum atomic E-state index is 12.3. The Bertz CT molecular complexity index is 831. The van der Waals surface area contributed by atoms with E-state index < -0.39 is 9.84 Å². The van der Waals surface area contributed by atoms with Gasteiger partial charge in [0.25, 0.3) is 5.78 Å². The van der Waals surface area contributed by atoms with Gasteiger partial charge in [-0.3, -0.25) is 9.80 Å². The molecule has 2 aromatic rings. The SMILES string of the molecule is CC(C)CN1CCN(Cc2nc3ncccn3n2)C2CS(=O)(=O)CC21. The van der Waals surface area contributed by atoms with Gasteiger partial charge in [0.1, 0.15) is 0 Å². The molecule has 8 nitrogen and oxygen atoms in total. The molecule has 0 aromatic carbocycles. The Morgan fingerprint density at radius 2 is 1.92 bits per heavy atom. The Labute approximate surface area is 147 Å². The molecule has 2 unspecified atom stereocenters. The van der Waals surface area contributed by atoms with E-state index >= 15 is 0 Å². The zero-order valence-electron chi connectivity index (χ0n) is 14.6. The van der Waals surface area contributed by atoms with Gasteiger partial charge in [-0.15, -0.1) is 5.10 Å². The molecule has 2 aliphatic heterocycles. The molecule has 2 atom stereocenters. The molecular weight excluding hydrogens is 340 g/mol. The Morgan fingerprint density at radius 3 is 2.64 bits per heavy atom. The van der Waals surface area contributed by atoms with Crippen molar-refractivity contribution in [3.63, 3.8) is 0 Å². The normalized spacial score (nSPS) is 27.2. The first kappa shape index (κ1) is 16.9. The zero-order valence-corrected chi connectivity index (χ0v) is 15.4. The maximum Gasteiger partial charge on any atom is 0.252 e. The van der Waals surface area contributed by atoms with Crippen molar-refractivity contribution in [2.24, 2.45) is 5.92 Å². The fourth-order valence-electron chi connectivity index (χ4n) is 4.01. The monoisotopic (exact) mass is 364 g/mol. The van der Waals surface area contributed by atoms with Gasteiger partial charge in [-0.05, 0) is 12.0 Å². The van der Waals surface area contributed by atoms with E-state index in [9.17, 15) is 8.42 Å². The van der Waals surface area contributed by atoms with E-state index in [1.54, 1.807) is 10.7 Å². The van der Waals surface area contributed by atoms with Crippen LogP contribution < -0.4 is 0 Å². The number of sulfone groups is 1. The van der Waals surface area contributed by atoms with Crippen molar-refractivity contribution in [3.05, 3.63) is 24.3 Å². The van der Waals surface area contributed by atoms with Gasteiger partial charge in [0.2, 0.25) is 0 Å². The molecule has 136 valence electrons. The van der Waals surface area contributed by atoms with Crippen LogP contribution in [0.5, 0.6) is 0 Å². The minimum absolute atomic E-state index is 0.0251. The topological polar surface area (TPSA) is 83.7 Å². The van der Waals surface area contributed by atoms with Gasteiger partial charge in [0, 0.05) is 44.1 Å². The second-order valence-electron chi connectivity index (χ2n) is 7.46. The molecule has 0 radical (unpaired) electrons. The smallest absolute Gasteiger partial charge is 0.252 e. The highest BCUT2D eigenvalue weighted by Crippen LogP contribution is 2.28. The van der Waals surface area contributed by atoms with Gasteiger partial charge in [0.05, 0.1) is 18.1 Å². The first-order valence-corrected chi connectivity index (χ1v) is 10.6. The lowest BCUT2D eigenvalue weighted by molar-refractivity contribution is 0.0323. The van der Waals surface area contributed by atoms with E-state index in [-0.39, 0.29) is 23.6 Å². The lowest BCUT2D eigenvalue weighted by Crippen LogP contribution is -2.59. The summed E-state index contributed by atoms with van der Waals surface area (Å²) in [4.78, 5) is 13.2.